The predicted molar refractivity (Wildman–Crippen MR) is 63.6 cm³/mol. The van der Waals surface area contributed by atoms with E-state index in [0.717, 1.165) is 12.3 Å². The fourth-order valence-corrected chi connectivity index (χ4v) is 1.17. The molecular weight excluding hydrogens is 235 g/mol. The summed E-state index contributed by atoms with van der Waals surface area (Å²) in [6.07, 6.45) is 1.14. The third-order valence-electron chi connectivity index (χ3n) is 1.91. The minimum absolute atomic E-state index is 0.159. The molecule has 0 aliphatic carbocycles. The molecule has 1 aromatic rings. The molecular formula is C12H9FN4O. The zero-order valence-corrected chi connectivity index (χ0v) is 9.49. The van der Waals surface area contributed by atoms with Crippen LogP contribution in [0.15, 0.2) is 30.0 Å². The van der Waals surface area contributed by atoms with Crippen LogP contribution in [0.3, 0.4) is 0 Å². The van der Waals surface area contributed by atoms with Gasteiger partial charge in [0.15, 0.2) is 0 Å². The number of carbonyl (C=O) groups excluding carboxylic acids is 1. The molecule has 0 bridgehead atoms. The van der Waals surface area contributed by atoms with Gasteiger partial charge >= 0.3 is 0 Å². The molecule has 0 saturated carbocycles. The van der Waals surface area contributed by atoms with Crippen LogP contribution >= 0.6 is 0 Å². The van der Waals surface area contributed by atoms with Crippen LogP contribution in [-0.4, -0.2) is 5.91 Å². The van der Waals surface area contributed by atoms with Crippen LogP contribution < -0.4 is 10.6 Å². The van der Waals surface area contributed by atoms with E-state index < -0.39 is 5.82 Å². The second-order valence-electron chi connectivity index (χ2n) is 3.30. The Labute approximate surface area is 103 Å². The number of nitrogens with zero attached hydrogens (tertiary/aromatic N) is 2. The summed E-state index contributed by atoms with van der Waals surface area (Å²) in [6, 6.07) is 7.02. The van der Waals surface area contributed by atoms with E-state index in [1.807, 2.05) is 0 Å². The Morgan fingerprint density at radius 1 is 1.33 bits per heavy atom. The van der Waals surface area contributed by atoms with E-state index in [-0.39, 0.29) is 17.2 Å². The summed E-state index contributed by atoms with van der Waals surface area (Å²) in [5, 5.41) is 22.2. The van der Waals surface area contributed by atoms with Crippen molar-refractivity contribution in [3.8, 4) is 12.1 Å². The summed E-state index contributed by atoms with van der Waals surface area (Å²) in [6.45, 7) is 1.32. The SMILES string of the molecule is CC(=O)Nc1ccc(F)cc1NC=C(C#N)C#N. The quantitative estimate of drug-likeness (QED) is 0.797. The van der Waals surface area contributed by atoms with Crippen molar-refractivity contribution in [1.82, 2.24) is 0 Å². The van der Waals surface area contributed by atoms with Crippen LogP contribution in [0.5, 0.6) is 0 Å². The summed E-state index contributed by atoms with van der Waals surface area (Å²) in [7, 11) is 0. The maximum atomic E-state index is 13.1. The Hall–Kier alpha value is -2.86. The lowest BCUT2D eigenvalue weighted by atomic mass is 10.2. The van der Waals surface area contributed by atoms with Crippen molar-refractivity contribution in [2.24, 2.45) is 0 Å². The van der Waals surface area contributed by atoms with E-state index in [1.165, 1.54) is 19.1 Å². The highest BCUT2D eigenvalue weighted by Crippen LogP contribution is 2.23. The highest BCUT2D eigenvalue weighted by atomic mass is 19.1. The smallest absolute Gasteiger partial charge is 0.221 e. The van der Waals surface area contributed by atoms with Crippen LogP contribution in [0.4, 0.5) is 15.8 Å². The van der Waals surface area contributed by atoms with Gasteiger partial charge in [-0.15, -0.1) is 0 Å². The van der Waals surface area contributed by atoms with Gasteiger partial charge in [-0.05, 0) is 18.2 Å². The first-order valence-electron chi connectivity index (χ1n) is 4.91. The van der Waals surface area contributed by atoms with Crippen molar-refractivity contribution in [3.63, 3.8) is 0 Å². The number of amides is 1. The number of nitrogens with one attached hydrogen (secondary N) is 2. The van der Waals surface area contributed by atoms with E-state index in [9.17, 15) is 9.18 Å². The molecule has 18 heavy (non-hydrogen) atoms. The van der Waals surface area contributed by atoms with Crippen LogP contribution in [0.1, 0.15) is 6.92 Å². The van der Waals surface area contributed by atoms with E-state index in [2.05, 4.69) is 10.6 Å². The number of hydrogen-bond acceptors (Lipinski definition) is 4. The second-order valence-corrected chi connectivity index (χ2v) is 3.30. The largest absolute Gasteiger partial charge is 0.358 e. The third kappa shape index (κ3) is 3.62. The van der Waals surface area contributed by atoms with Gasteiger partial charge in [0.25, 0.3) is 0 Å². The van der Waals surface area contributed by atoms with Crippen molar-refractivity contribution in [2.45, 2.75) is 6.92 Å². The first-order valence-corrected chi connectivity index (χ1v) is 4.91. The second kappa shape index (κ2) is 6.02. The zero-order chi connectivity index (χ0) is 13.5. The van der Waals surface area contributed by atoms with Crippen molar-refractivity contribution in [3.05, 3.63) is 35.8 Å². The first kappa shape index (κ1) is 13.2. The Morgan fingerprint density at radius 2 is 2.00 bits per heavy atom. The molecule has 1 rings (SSSR count). The molecule has 0 atom stereocenters. The van der Waals surface area contributed by atoms with E-state index in [0.29, 0.717) is 5.69 Å². The van der Waals surface area contributed by atoms with Crippen LogP contribution in [0.2, 0.25) is 0 Å². The topological polar surface area (TPSA) is 88.7 Å². The molecule has 0 radical (unpaired) electrons. The van der Waals surface area contributed by atoms with E-state index in [1.54, 1.807) is 12.1 Å². The van der Waals surface area contributed by atoms with Crippen molar-refractivity contribution >= 4 is 17.3 Å². The van der Waals surface area contributed by atoms with Gasteiger partial charge in [-0.3, -0.25) is 4.79 Å². The lowest BCUT2D eigenvalue weighted by Gasteiger charge is -2.09. The fourth-order valence-electron chi connectivity index (χ4n) is 1.17. The normalized spacial score (nSPS) is 8.67. The summed E-state index contributed by atoms with van der Waals surface area (Å²) >= 11 is 0. The van der Waals surface area contributed by atoms with Crippen LogP contribution in [-0.2, 0) is 4.79 Å². The molecule has 0 aliphatic heterocycles. The Bertz CT molecular complexity index is 565. The lowest BCUT2D eigenvalue weighted by Crippen LogP contribution is -2.08. The number of halogens is 1. The minimum atomic E-state index is -0.504. The molecule has 5 nitrogen and oxygen atoms in total. The molecule has 0 heterocycles. The Morgan fingerprint density at radius 3 is 2.56 bits per heavy atom. The van der Waals surface area contributed by atoms with Crippen LogP contribution in [0, 0.1) is 28.5 Å². The Kier molecular flexibility index (Phi) is 4.42. The molecule has 1 aromatic carbocycles. The summed E-state index contributed by atoms with van der Waals surface area (Å²) < 4.78 is 13.1. The number of carbonyl (C=O) groups is 1. The maximum absolute atomic E-state index is 13.1. The first-order chi connectivity index (χ1) is 8.56. The molecule has 0 spiro atoms. The number of nitriles is 2. The highest BCUT2D eigenvalue weighted by Gasteiger charge is 2.05. The average Bonchev–Trinajstić information content (AvgIpc) is 2.33. The number of hydrogen-bond donors (Lipinski definition) is 2. The van der Waals surface area contributed by atoms with E-state index >= 15 is 0 Å². The number of benzene rings is 1. The molecule has 0 fully saturated rings. The molecule has 6 heteroatoms. The fraction of sp³-hybridized carbons (Fsp3) is 0.0833. The zero-order valence-electron chi connectivity index (χ0n) is 9.49. The van der Waals surface area contributed by atoms with Gasteiger partial charge < -0.3 is 10.6 Å². The van der Waals surface area contributed by atoms with Gasteiger partial charge in [0.05, 0.1) is 11.4 Å². The molecule has 0 aromatic heterocycles. The van der Waals surface area contributed by atoms with Gasteiger partial charge in [-0.2, -0.15) is 10.5 Å². The van der Waals surface area contributed by atoms with Gasteiger partial charge in [0, 0.05) is 13.1 Å². The molecule has 0 unspecified atom stereocenters. The molecule has 0 saturated heterocycles. The van der Waals surface area contributed by atoms with Gasteiger partial charge in [-0.25, -0.2) is 4.39 Å². The van der Waals surface area contributed by atoms with Gasteiger partial charge in [0.2, 0.25) is 5.91 Å². The minimum Gasteiger partial charge on any atom is -0.358 e. The molecule has 2 N–H and O–H groups in total. The Balaban J connectivity index is 3.04. The maximum Gasteiger partial charge on any atom is 0.221 e. The summed E-state index contributed by atoms with van der Waals surface area (Å²) in [4.78, 5) is 10.9. The van der Waals surface area contributed by atoms with Crippen LogP contribution in [0.25, 0.3) is 0 Å². The van der Waals surface area contributed by atoms with Crippen molar-refractivity contribution in [2.75, 3.05) is 10.6 Å². The lowest BCUT2D eigenvalue weighted by molar-refractivity contribution is -0.114. The summed E-state index contributed by atoms with van der Waals surface area (Å²) in [5.41, 5.74) is 0.455. The standard InChI is InChI=1S/C12H9FN4O/c1-8(18)17-11-3-2-10(13)4-12(11)16-7-9(5-14)6-15/h2-4,7,16H,1H3,(H,17,18). The van der Waals surface area contributed by atoms with Gasteiger partial charge in [0.1, 0.15) is 23.5 Å². The van der Waals surface area contributed by atoms with E-state index in [4.69, 9.17) is 10.5 Å². The van der Waals surface area contributed by atoms with Gasteiger partial charge in [-0.1, -0.05) is 0 Å². The average molecular weight is 244 g/mol. The molecule has 90 valence electrons. The highest BCUT2D eigenvalue weighted by molar-refractivity contribution is 5.92. The third-order valence-corrected chi connectivity index (χ3v) is 1.91. The molecule has 0 aliphatic rings. The predicted octanol–water partition coefficient (Wildman–Crippen LogP) is 2.13. The molecule has 1 amide bonds. The number of rotatable bonds is 3. The number of anilines is 2. The summed E-state index contributed by atoms with van der Waals surface area (Å²) in [5.74, 6) is -0.815. The number of allylic oxidation sites excluding steroid dienone is 1. The monoisotopic (exact) mass is 244 g/mol. The van der Waals surface area contributed by atoms with Crippen molar-refractivity contribution < 1.29 is 9.18 Å². The van der Waals surface area contributed by atoms with Crippen molar-refractivity contribution in [1.29, 1.82) is 10.5 Å².